The van der Waals surface area contributed by atoms with Crippen molar-refractivity contribution in [3.63, 3.8) is 0 Å². The van der Waals surface area contributed by atoms with Crippen LogP contribution in [0.25, 0.3) is 5.57 Å². The van der Waals surface area contributed by atoms with Crippen LogP contribution in [-0.2, 0) is 0 Å². The molecular formula is C25H22O4S. The zero-order valence-electron chi connectivity index (χ0n) is 16.8. The Hall–Kier alpha value is -3.44. The van der Waals surface area contributed by atoms with E-state index in [-0.39, 0.29) is 21.7 Å². The molecule has 0 atom stereocenters. The van der Waals surface area contributed by atoms with Gasteiger partial charge in [0.25, 0.3) is 0 Å². The standard InChI is InChI=1S/C15H12O2S.C10H10O2/c1-11-6-5-7-12(10-11)15(17)18-14-9-4-2-3-8-13(14)16;1-7(2)8-5-3-4-6-9(11)10(8)12/h2-10H,1H3;3-6H,1H2,2H3,(H,11,12). The Balaban J connectivity index is 0.000000232. The molecule has 30 heavy (non-hydrogen) atoms. The summed E-state index contributed by atoms with van der Waals surface area (Å²) in [6.07, 6.45) is 0. The summed E-state index contributed by atoms with van der Waals surface area (Å²) < 4.78 is 0. The predicted octanol–water partition coefficient (Wildman–Crippen LogP) is 5.07. The van der Waals surface area contributed by atoms with Crippen LogP contribution in [-0.4, -0.2) is 10.2 Å². The zero-order valence-corrected chi connectivity index (χ0v) is 17.6. The molecule has 4 nitrogen and oxygen atoms in total. The van der Waals surface area contributed by atoms with Gasteiger partial charge < -0.3 is 5.11 Å². The Bertz CT molecular complexity index is 1190. The second-order valence-corrected chi connectivity index (χ2v) is 7.54. The first-order valence-electron chi connectivity index (χ1n) is 9.16. The van der Waals surface area contributed by atoms with E-state index in [1.165, 1.54) is 12.1 Å². The molecule has 0 heterocycles. The number of allylic oxidation sites excluding steroid dienone is 1. The molecule has 0 aliphatic rings. The second kappa shape index (κ2) is 10.9. The highest BCUT2D eigenvalue weighted by Crippen LogP contribution is 2.20. The molecule has 152 valence electrons. The number of benzene rings is 1. The van der Waals surface area contributed by atoms with Gasteiger partial charge in [0.1, 0.15) is 0 Å². The van der Waals surface area contributed by atoms with Crippen LogP contribution in [0, 0.1) is 6.92 Å². The average molecular weight is 419 g/mol. The highest BCUT2D eigenvalue weighted by molar-refractivity contribution is 8.14. The summed E-state index contributed by atoms with van der Waals surface area (Å²) in [6.45, 7) is 7.33. The van der Waals surface area contributed by atoms with Gasteiger partial charge in [0.15, 0.2) is 11.2 Å². The van der Waals surface area contributed by atoms with Gasteiger partial charge in [0, 0.05) is 11.1 Å². The van der Waals surface area contributed by atoms with Gasteiger partial charge >= 0.3 is 0 Å². The summed E-state index contributed by atoms with van der Waals surface area (Å²) in [6, 6.07) is 22.0. The largest absolute Gasteiger partial charge is 0.504 e. The number of carbonyl (C=O) groups excluding carboxylic acids is 1. The maximum absolute atomic E-state index is 12.0. The van der Waals surface area contributed by atoms with Crippen molar-refractivity contribution in [1.82, 2.24) is 0 Å². The summed E-state index contributed by atoms with van der Waals surface area (Å²) in [5, 5.41) is 9.25. The van der Waals surface area contributed by atoms with Crippen molar-refractivity contribution in [3.05, 3.63) is 123 Å². The third kappa shape index (κ3) is 6.57. The van der Waals surface area contributed by atoms with E-state index in [0.717, 1.165) is 17.3 Å². The van der Waals surface area contributed by atoms with E-state index in [4.69, 9.17) is 0 Å². The Kier molecular flexibility index (Phi) is 8.32. The molecule has 3 aromatic carbocycles. The van der Waals surface area contributed by atoms with Gasteiger partial charge in [-0.15, -0.1) is 0 Å². The highest BCUT2D eigenvalue weighted by Gasteiger charge is 2.09. The first-order valence-corrected chi connectivity index (χ1v) is 9.97. The molecule has 3 aromatic rings. The maximum atomic E-state index is 12.0. The van der Waals surface area contributed by atoms with E-state index >= 15 is 0 Å². The molecule has 3 rings (SSSR count). The first kappa shape index (κ1) is 22.8. The highest BCUT2D eigenvalue weighted by atomic mass is 32.2. The summed E-state index contributed by atoms with van der Waals surface area (Å²) in [5.41, 5.74) is 2.32. The number of hydrogen-bond acceptors (Lipinski definition) is 5. The third-order valence-electron chi connectivity index (χ3n) is 3.99. The van der Waals surface area contributed by atoms with E-state index in [1.807, 2.05) is 25.1 Å². The summed E-state index contributed by atoms with van der Waals surface area (Å²) in [7, 11) is 0. The molecule has 0 saturated carbocycles. The fourth-order valence-electron chi connectivity index (χ4n) is 2.46. The molecule has 1 N–H and O–H groups in total. The van der Waals surface area contributed by atoms with Gasteiger partial charge in [0.2, 0.25) is 10.5 Å². The Labute approximate surface area is 179 Å². The van der Waals surface area contributed by atoms with Crippen LogP contribution in [0.15, 0.2) is 99.9 Å². The SMILES string of the molecule is C=C(C)c1ccccc(=O)c1O.Cc1cccc(C(=O)Sc2cccccc2=O)c1. The average Bonchev–Trinajstić information content (AvgIpc) is 3.01. The van der Waals surface area contributed by atoms with E-state index in [0.29, 0.717) is 21.6 Å². The van der Waals surface area contributed by atoms with Crippen molar-refractivity contribution in [1.29, 1.82) is 0 Å². The molecule has 0 fully saturated rings. The van der Waals surface area contributed by atoms with Crippen LogP contribution in [0.3, 0.4) is 0 Å². The summed E-state index contributed by atoms with van der Waals surface area (Å²) in [4.78, 5) is 35.2. The van der Waals surface area contributed by atoms with Crippen LogP contribution >= 0.6 is 11.8 Å². The van der Waals surface area contributed by atoms with Crippen molar-refractivity contribution in [2.75, 3.05) is 0 Å². The molecule has 0 unspecified atom stereocenters. The van der Waals surface area contributed by atoms with Crippen LogP contribution in [0.5, 0.6) is 5.75 Å². The minimum atomic E-state index is -0.377. The Morgan fingerprint density at radius 2 is 1.50 bits per heavy atom. The van der Waals surface area contributed by atoms with E-state index in [9.17, 15) is 19.5 Å². The molecule has 0 aromatic heterocycles. The van der Waals surface area contributed by atoms with Gasteiger partial charge in [-0.3, -0.25) is 14.4 Å². The molecule has 0 bridgehead atoms. The number of rotatable bonds is 3. The number of aromatic hydroxyl groups is 1. The minimum Gasteiger partial charge on any atom is -0.504 e. The first-order chi connectivity index (χ1) is 14.3. The van der Waals surface area contributed by atoms with Gasteiger partial charge in [-0.2, -0.15) is 0 Å². The molecule has 0 aliphatic carbocycles. The number of carbonyl (C=O) groups is 1. The van der Waals surface area contributed by atoms with Crippen molar-refractivity contribution in [2.45, 2.75) is 18.7 Å². The molecule has 5 heteroatoms. The molecule has 0 amide bonds. The van der Waals surface area contributed by atoms with Crippen LogP contribution < -0.4 is 10.9 Å². The lowest BCUT2D eigenvalue weighted by Gasteiger charge is -2.00. The smallest absolute Gasteiger partial charge is 0.224 e. The summed E-state index contributed by atoms with van der Waals surface area (Å²) >= 11 is 0.974. The van der Waals surface area contributed by atoms with Gasteiger partial charge in [-0.1, -0.05) is 66.7 Å². The van der Waals surface area contributed by atoms with Crippen molar-refractivity contribution < 1.29 is 9.90 Å². The van der Waals surface area contributed by atoms with E-state index in [1.54, 1.807) is 55.5 Å². The van der Waals surface area contributed by atoms with Crippen molar-refractivity contribution in [2.24, 2.45) is 0 Å². The summed E-state index contributed by atoms with van der Waals surface area (Å²) in [5.74, 6) is -0.229. The predicted molar refractivity (Wildman–Crippen MR) is 123 cm³/mol. The van der Waals surface area contributed by atoms with Crippen LogP contribution in [0.4, 0.5) is 0 Å². The lowest BCUT2D eigenvalue weighted by molar-refractivity contribution is 0.108. The van der Waals surface area contributed by atoms with Gasteiger partial charge in [0.05, 0.1) is 4.90 Å². The molecule has 0 saturated heterocycles. The topological polar surface area (TPSA) is 71.4 Å². The fourth-order valence-corrected chi connectivity index (χ4v) is 3.22. The maximum Gasteiger partial charge on any atom is 0.224 e. The third-order valence-corrected chi connectivity index (χ3v) is 4.96. The van der Waals surface area contributed by atoms with Crippen molar-refractivity contribution >= 4 is 22.5 Å². The number of aryl methyl sites for hydroxylation is 1. The zero-order chi connectivity index (χ0) is 22.1. The lowest BCUT2D eigenvalue weighted by atomic mass is 10.1. The molecule has 0 spiro atoms. The number of hydrogen-bond donors (Lipinski definition) is 1. The normalized spacial score (nSPS) is 9.80. The quantitative estimate of drug-likeness (QED) is 0.601. The number of thioether (sulfide) groups is 1. The van der Waals surface area contributed by atoms with Crippen molar-refractivity contribution in [3.8, 4) is 5.75 Å². The van der Waals surface area contributed by atoms with Gasteiger partial charge in [-0.25, -0.2) is 0 Å². The second-order valence-electron chi connectivity index (χ2n) is 6.52. The van der Waals surface area contributed by atoms with E-state index in [2.05, 4.69) is 6.58 Å². The lowest BCUT2D eigenvalue weighted by Crippen LogP contribution is -2.01. The van der Waals surface area contributed by atoms with Crippen LogP contribution in [0.2, 0.25) is 0 Å². The van der Waals surface area contributed by atoms with Gasteiger partial charge in [-0.05, 0) is 55.4 Å². The van der Waals surface area contributed by atoms with Crippen LogP contribution in [0.1, 0.15) is 28.4 Å². The van der Waals surface area contributed by atoms with E-state index < -0.39 is 0 Å². The Morgan fingerprint density at radius 3 is 2.20 bits per heavy atom. The minimum absolute atomic E-state index is 0.109. The Morgan fingerprint density at radius 1 is 0.867 bits per heavy atom. The fraction of sp³-hybridized carbons (Fsp3) is 0.0800. The monoisotopic (exact) mass is 418 g/mol. The molecule has 0 aliphatic heterocycles. The molecular weight excluding hydrogens is 396 g/mol. The molecule has 0 radical (unpaired) electrons.